The molecule has 0 spiro atoms. The molecular weight excluding hydrogens is 281 g/mol. The summed E-state index contributed by atoms with van der Waals surface area (Å²) < 4.78 is 18.5. The highest BCUT2D eigenvalue weighted by molar-refractivity contribution is 5.82. The van der Waals surface area contributed by atoms with Gasteiger partial charge in [-0.05, 0) is 18.8 Å². The number of hydrogen-bond acceptors (Lipinski definition) is 5. The molecular formula is C13H16FN3O4. The number of nitrogens with zero attached hydrogens (tertiary/aromatic N) is 1. The predicted molar refractivity (Wildman–Crippen MR) is 73.8 cm³/mol. The quantitative estimate of drug-likeness (QED) is 0.590. The van der Waals surface area contributed by atoms with Gasteiger partial charge in [-0.15, -0.1) is 0 Å². The molecule has 0 aliphatic heterocycles. The molecule has 0 unspecified atom stereocenters. The Morgan fingerprint density at radius 1 is 1.52 bits per heavy atom. The fraction of sp³-hybridized carbons (Fsp3) is 0.462. The number of ether oxygens (including phenoxy) is 1. The second-order valence-corrected chi connectivity index (χ2v) is 4.86. The van der Waals surface area contributed by atoms with Crippen LogP contribution in [0.1, 0.15) is 12.8 Å². The summed E-state index contributed by atoms with van der Waals surface area (Å²) in [6.45, 7) is 0.440. The van der Waals surface area contributed by atoms with Gasteiger partial charge in [0.25, 0.3) is 0 Å². The minimum Gasteiger partial charge on any atom is -0.497 e. The van der Waals surface area contributed by atoms with Crippen LogP contribution in [0.3, 0.4) is 0 Å². The van der Waals surface area contributed by atoms with Crippen molar-refractivity contribution in [2.75, 3.05) is 25.5 Å². The van der Waals surface area contributed by atoms with Crippen LogP contribution in [0.4, 0.5) is 15.8 Å². The van der Waals surface area contributed by atoms with Crippen molar-refractivity contribution in [1.82, 2.24) is 5.32 Å². The van der Waals surface area contributed by atoms with Crippen LogP contribution in [0.2, 0.25) is 0 Å². The highest BCUT2D eigenvalue weighted by Crippen LogP contribution is 2.32. The molecule has 1 saturated carbocycles. The van der Waals surface area contributed by atoms with Crippen LogP contribution >= 0.6 is 0 Å². The first-order valence-electron chi connectivity index (χ1n) is 6.53. The van der Waals surface area contributed by atoms with E-state index in [-0.39, 0.29) is 23.9 Å². The largest absolute Gasteiger partial charge is 0.497 e. The van der Waals surface area contributed by atoms with Crippen molar-refractivity contribution in [3.8, 4) is 5.75 Å². The Balaban J connectivity index is 2.04. The van der Waals surface area contributed by atoms with Gasteiger partial charge < -0.3 is 15.4 Å². The summed E-state index contributed by atoms with van der Waals surface area (Å²) in [7, 11) is 1.33. The molecule has 0 radical (unpaired) electrons. The van der Waals surface area contributed by atoms with E-state index >= 15 is 0 Å². The molecule has 1 fully saturated rings. The number of nitrogens with one attached hydrogen (secondary N) is 2. The summed E-state index contributed by atoms with van der Waals surface area (Å²) in [5.74, 6) is -0.629. The minimum absolute atomic E-state index is 0.0848. The second kappa shape index (κ2) is 6.38. The first kappa shape index (κ1) is 15.0. The van der Waals surface area contributed by atoms with Gasteiger partial charge in [0.05, 0.1) is 18.6 Å². The third-order valence-electron chi connectivity index (χ3n) is 3.18. The first-order chi connectivity index (χ1) is 10.0. The molecule has 0 saturated heterocycles. The number of nitro groups is 1. The molecule has 1 aromatic rings. The molecule has 21 heavy (non-hydrogen) atoms. The maximum absolute atomic E-state index is 13.7. The number of halogens is 1. The molecule has 0 aromatic heterocycles. The van der Waals surface area contributed by atoms with Crippen molar-refractivity contribution in [1.29, 1.82) is 0 Å². The number of rotatable bonds is 7. The van der Waals surface area contributed by atoms with Crippen molar-refractivity contribution in [3.05, 3.63) is 28.1 Å². The lowest BCUT2D eigenvalue weighted by atomic mass is 10.2. The topological polar surface area (TPSA) is 93.5 Å². The van der Waals surface area contributed by atoms with E-state index in [2.05, 4.69) is 10.6 Å². The molecule has 114 valence electrons. The van der Waals surface area contributed by atoms with E-state index < -0.39 is 16.4 Å². The summed E-state index contributed by atoms with van der Waals surface area (Å²) in [5.41, 5.74) is -0.788. The number of methoxy groups -OCH3 is 1. The summed E-state index contributed by atoms with van der Waals surface area (Å²) in [4.78, 5) is 21.7. The van der Waals surface area contributed by atoms with Gasteiger partial charge in [-0.1, -0.05) is 0 Å². The number of carbonyl (C=O) groups is 1. The van der Waals surface area contributed by atoms with Crippen molar-refractivity contribution in [3.63, 3.8) is 0 Å². The van der Waals surface area contributed by atoms with E-state index in [0.29, 0.717) is 12.5 Å². The van der Waals surface area contributed by atoms with Gasteiger partial charge in [-0.2, -0.15) is 4.39 Å². The highest BCUT2D eigenvalue weighted by atomic mass is 19.1. The minimum atomic E-state index is -1.01. The van der Waals surface area contributed by atoms with Crippen LogP contribution in [-0.4, -0.2) is 31.0 Å². The molecule has 8 heteroatoms. The van der Waals surface area contributed by atoms with Gasteiger partial charge in [0.15, 0.2) is 0 Å². The third-order valence-corrected chi connectivity index (χ3v) is 3.18. The summed E-state index contributed by atoms with van der Waals surface area (Å²) >= 11 is 0. The van der Waals surface area contributed by atoms with E-state index in [1.165, 1.54) is 13.2 Å². The first-order valence-corrected chi connectivity index (χ1v) is 6.53. The third kappa shape index (κ3) is 4.04. The Morgan fingerprint density at radius 3 is 2.81 bits per heavy atom. The van der Waals surface area contributed by atoms with Crippen molar-refractivity contribution < 1.29 is 18.8 Å². The Kier molecular flexibility index (Phi) is 4.56. The van der Waals surface area contributed by atoms with Crippen molar-refractivity contribution in [2.45, 2.75) is 12.8 Å². The predicted octanol–water partition coefficient (Wildman–Crippen LogP) is 1.68. The van der Waals surface area contributed by atoms with Crippen LogP contribution in [-0.2, 0) is 4.79 Å². The van der Waals surface area contributed by atoms with Crippen LogP contribution in [0.25, 0.3) is 0 Å². The van der Waals surface area contributed by atoms with Crippen LogP contribution in [0.15, 0.2) is 12.1 Å². The van der Waals surface area contributed by atoms with Crippen molar-refractivity contribution in [2.24, 2.45) is 5.92 Å². The van der Waals surface area contributed by atoms with Gasteiger partial charge in [0.2, 0.25) is 11.7 Å². The second-order valence-electron chi connectivity index (χ2n) is 4.86. The molecule has 1 aliphatic carbocycles. The Hall–Kier alpha value is -2.38. The molecule has 0 bridgehead atoms. The maximum Gasteiger partial charge on any atom is 0.327 e. The molecule has 2 N–H and O–H groups in total. The van der Waals surface area contributed by atoms with Gasteiger partial charge >= 0.3 is 5.69 Å². The SMILES string of the molecule is COc1cc(F)c([N+](=O)[O-])c(NCC(=O)NCC2CC2)c1. The lowest BCUT2D eigenvalue weighted by molar-refractivity contribution is -0.386. The number of amides is 1. The molecule has 2 rings (SSSR count). The molecule has 1 aliphatic rings. The normalized spacial score (nSPS) is 13.6. The van der Waals surface area contributed by atoms with E-state index in [0.717, 1.165) is 18.9 Å². The van der Waals surface area contributed by atoms with E-state index in [4.69, 9.17) is 4.74 Å². The number of nitro benzene ring substituents is 1. The Labute approximate surface area is 120 Å². The van der Waals surface area contributed by atoms with Crippen LogP contribution in [0, 0.1) is 21.8 Å². The number of anilines is 1. The molecule has 7 nitrogen and oxygen atoms in total. The summed E-state index contributed by atoms with van der Waals surface area (Å²) in [5, 5.41) is 16.2. The average Bonchev–Trinajstić information content (AvgIpc) is 3.25. The van der Waals surface area contributed by atoms with E-state index in [9.17, 15) is 19.3 Å². The van der Waals surface area contributed by atoms with Crippen molar-refractivity contribution >= 4 is 17.3 Å². The fourth-order valence-electron chi connectivity index (χ4n) is 1.83. The molecule has 0 heterocycles. The van der Waals surface area contributed by atoms with Gasteiger partial charge in [0.1, 0.15) is 11.4 Å². The smallest absolute Gasteiger partial charge is 0.327 e. The molecule has 1 amide bonds. The molecule has 0 atom stereocenters. The lowest BCUT2D eigenvalue weighted by Gasteiger charge is -2.10. The Bertz CT molecular complexity index is 561. The number of carbonyl (C=O) groups excluding carboxylic acids is 1. The molecule has 1 aromatic carbocycles. The summed E-state index contributed by atoms with van der Waals surface area (Å²) in [6.07, 6.45) is 2.22. The van der Waals surface area contributed by atoms with Gasteiger partial charge in [-0.25, -0.2) is 0 Å². The van der Waals surface area contributed by atoms with E-state index in [1.54, 1.807) is 0 Å². The zero-order valence-corrected chi connectivity index (χ0v) is 11.5. The average molecular weight is 297 g/mol. The highest BCUT2D eigenvalue weighted by Gasteiger charge is 2.24. The van der Waals surface area contributed by atoms with Crippen LogP contribution in [0.5, 0.6) is 5.75 Å². The zero-order valence-electron chi connectivity index (χ0n) is 11.5. The lowest BCUT2D eigenvalue weighted by Crippen LogP contribution is -2.31. The van der Waals surface area contributed by atoms with Crippen LogP contribution < -0.4 is 15.4 Å². The maximum atomic E-state index is 13.7. The number of benzene rings is 1. The number of hydrogen-bond donors (Lipinski definition) is 2. The van der Waals surface area contributed by atoms with E-state index in [1.807, 2.05) is 0 Å². The monoisotopic (exact) mass is 297 g/mol. The fourth-order valence-corrected chi connectivity index (χ4v) is 1.83. The zero-order chi connectivity index (χ0) is 15.4. The van der Waals surface area contributed by atoms with Gasteiger partial charge in [-0.3, -0.25) is 14.9 Å². The standard InChI is InChI=1S/C13H16FN3O4/c1-21-9-4-10(14)13(17(19)20)11(5-9)15-7-12(18)16-6-8-2-3-8/h4-5,8,15H,2-3,6-7H2,1H3,(H,16,18). The Morgan fingerprint density at radius 2 is 2.24 bits per heavy atom. The summed E-state index contributed by atoms with van der Waals surface area (Å²) in [6, 6.07) is 2.21. The van der Waals surface area contributed by atoms with Gasteiger partial charge in [0, 0.05) is 18.7 Å².